The van der Waals surface area contributed by atoms with E-state index in [9.17, 15) is 4.79 Å². The van der Waals surface area contributed by atoms with Gasteiger partial charge in [-0.05, 0) is 25.0 Å². The van der Waals surface area contributed by atoms with Gasteiger partial charge in [0.1, 0.15) is 10.8 Å². The van der Waals surface area contributed by atoms with Crippen molar-refractivity contribution in [1.29, 1.82) is 0 Å². The molecule has 1 aliphatic heterocycles. The minimum Gasteiger partial charge on any atom is -0.469 e. The molecular formula is C13H17N3O2S. The summed E-state index contributed by atoms with van der Waals surface area (Å²) >= 11 is 5.10. The van der Waals surface area contributed by atoms with Crippen molar-refractivity contribution in [2.45, 2.75) is 13.3 Å². The number of aromatic nitrogens is 1. The standard InChI is InChI=1S/C13H17N3O2S/c1-8-3-5-15-12(10(8)11(14)19)16-6-4-9(7-16)13(17)18-2/h3,5,9H,4,6-7H2,1-2H3,(H2,14,19). The molecule has 1 aliphatic rings. The molecule has 1 aromatic heterocycles. The predicted molar refractivity (Wildman–Crippen MR) is 77.2 cm³/mol. The lowest BCUT2D eigenvalue weighted by atomic mass is 10.1. The summed E-state index contributed by atoms with van der Waals surface area (Å²) in [6.07, 6.45) is 2.50. The summed E-state index contributed by atoms with van der Waals surface area (Å²) in [5, 5.41) is 0. The Morgan fingerprint density at radius 2 is 2.37 bits per heavy atom. The maximum atomic E-state index is 11.6. The van der Waals surface area contributed by atoms with Gasteiger partial charge in [-0.15, -0.1) is 0 Å². The van der Waals surface area contributed by atoms with Crippen molar-refractivity contribution in [3.8, 4) is 0 Å². The number of anilines is 1. The summed E-state index contributed by atoms with van der Waals surface area (Å²) < 4.78 is 4.78. The van der Waals surface area contributed by atoms with Crippen molar-refractivity contribution in [2.75, 3.05) is 25.1 Å². The highest BCUT2D eigenvalue weighted by Crippen LogP contribution is 2.27. The Bertz CT molecular complexity index is 519. The average molecular weight is 279 g/mol. The van der Waals surface area contributed by atoms with Crippen LogP contribution in [0.15, 0.2) is 12.3 Å². The van der Waals surface area contributed by atoms with Gasteiger partial charge in [-0.3, -0.25) is 4.79 Å². The summed E-state index contributed by atoms with van der Waals surface area (Å²) in [7, 11) is 1.41. The molecule has 2 heterocycles. The molecule has 1 aromatic rings. The highest BCUT2D eigenvalue weighted by atomic mass is 32.1. The van der Waals surface area contributed by atoms with E-state index in [1.54, 1.807) is 6.20 Å². The molecule has 19 heavy (non-hydrogen) atoms. The summed E-state index contributed by atoms with van der Waals surface area (Å²) in [4.78, 5) is 18.3. The lowest BCUT2D eigenvalue weighted by Gasteiger charge is -2.21. The van der Waals surface area contributed by atoms with Crippen LogP contribution in [0.1, 0.15) is 17.5 Å². The van der Waals surface area contributed by atoms with Crippen molar-refractivity contribution < 1.29 is 9.53 Å². The Hall–Kier alpha value is -1.69. The molecule has 0 amide bonds. The number of aryl methyl sites for hydroxylation is 1. The molecule has 0 aliphatic carbocycles. The topological polar surface area (TPSA) is 68.5 Å². The van der Waals surface area contributed by atoms with Gasteiger partial charge in [0.2, 0.25) is 0 Å². The van der Waals surface area contributed by atoms with Crippen LogP contribution in [0.4, 0.5) is 5.82 Å². The lowest BCUT2D eigenvalue weighted by Crippen LogP contribution is -2.27. The minimum atomic E-state index is -0.174. The summed E-state index contributed by atoms with van der Waals surface area (Å²) in [6.45, 7) is 3.30. The largest absolute Gasteiger partial charge is 0.469 e. The molecule has 1 atom stereocenters. The SMILES string of the molecule is COC(=O)C1CCN(c2nccc(C)c2C(N)=S)C1. The van der Waals surface area contributed by atoms with Gasteiger partial charge in [-0.25, -0.2) is 4.98 Å². The molecule has 0 saturated carbocycles. The van der Waals surface area contributed by atoms with Gasteiger partial charge in [0.15, 0.2) is 0 Å². The van der Waals surface area contributed by atoms with Gasteiger partial charge in [0, 0.05) is 19.3 Å². The number of hydrogen-bond donors (Lipinski definition) is 1. The Balaban J connectivity index is 2.27. The fourth-order valence-corrected chi connectivity index (χ4v) is 2.65. The second kappa shape index (κ2) is 5.52. The highest BCUT2D eigenvalue weighted by molar-refractivity contribution is 7.80. The summed E-state index contributed by atoms with van der Waals surface area (Å²) in [6, 6.07) is 1.88. The highest BCUT2D eigenvalue weighted by Gasteiger charge is 2.31. The first-order chi connectivity index (χ1) is 9.04. The molecule has 2 N–H and O–H groups in total. The Kier molecular flexibility index (Phi) is 3.99. The van der Waals surface area contributed by atoms with Crippen molar-refractivity contribution in [2.24, 2.45) is 11.7 Å². The number of thiocarbonyl (C=S) groups is 1. The van der Waals surface area contributed by atoms with Crippen LogP contribution in [0.5, 0.6) is 0 Å². The number of carbonyl (C=O) groups excluding carboxylic acids is 1. The van der Waals surface area contributed by atoms with Crippen LogP contribution in [0.3, 0.4) is 0 Å². The number of carbonyl (C=O) groups is 1. The van der Waals surface area contributed by atoms with Crippen LogP contribution in [0.25, 0.3) is 0 Å². The Morgan fingerprint density at radius 3 is 3.00 bits per heavy atom. The second-order valence-corrected chi connectivity index (χ2v) is 5.09. The van der Waals surface area contributed by atoms with Crippen molar-refractivity contribution in [1.82, 2.24) is 4.98 Å². The molecule has 2 rings (SSSR count). The van der Waals surface area contributed by atoms with Gasteiger partial charge in [0.05, 0.1) is 18.6 Å². The van der Waals surface area contributed by atoms with Crippen LogP contribution < -0.4 is 10.6 Å². The number of esters is 1. The number of pyridine rings is 1. The first kappa shape index (κ1) is 13.7. The Morgan fingerprint density at radius 1 is 1.63 bits per heavy atom. The molecule has 102 valence electrons. The van der Waals surface area contributed by atoms with E-state index in [0.29, 0.717) is 11.5 Å². The normalized spacial score (nSPS) is 18.4. The van der Waals surface area contributed by atoms with Crippen LogP contribution in [-0.2, 0) is 9.53 Å². The zero-order chi connectivity index (χ0) is 14.0. The maximum Gasteiger partial charge on any atom is 0.310 e. The van der Waals surface area contributed by atoms with Gasteiger partial charge >= 0.3 is 5.97 Å². The minimum absolute atomic E-state index is 0.105. The molecule has 0 spiro atoms. The first-order valence-electron chi connectivity index (χ1n) is 6.12. The average Bonchev–Trinajstić information content (AvgIpc) is 2.86. The number of ether oxygens (including phenoxy) is 1. The van der Waals surface area contributed by atoms with Crippen LogP contribution in [0, 0.1) is 12.8 Å². The zero-order valence-corrected chi connectivity index (χ0v) is 11.9. The van der Waals surface area contributed by atoms with Crippen molar-refractivity contribution in [3.63, 3.8) is 0 Å². The van der Waals surface area contributed by atoms with E-state index in [4.69, 9.17) is 22.7 Å². The van der Waals surface area contributed by atoms with E-state index in [0.717, 1.165) is 29.9 Å². The molecule has 1 unspecified atom stereocenters. The molecule has 1 fully saturated rings. The molecule has 0 radical (unpaired) electrons. The van der Waals surface area contributed by atoms with Gasteiger partial charge in [-0.2, -0.15) is 0 Å². The van der Waals surface area contributed by atoms with Crippen molar-refractivity contribution in [3.05, 3.63) is 23.4 Å². The van der Waals surface area contributed by atoms with E-state index in [-0.39, 0.29) is 11.9 Å². The number of methoxy groups -OCH3 is 1. The Labute approximate surface area is 117 Å². The quantitative estimate of drug-likeness (QED) is 0.658. The van der Waals surface area contributed by atoms with Crippen molar-refractivity contribution >= 4 is 29.0 Å². The number of hydrogen-bond acceptors (Lipinski definition) is 5. The summed E-state index contributed by atoms with van der Waals surface area (Å²) in [5.74, 6) is 0.484. The number of nitrogens with zero attached hydrogens (tertiary/aromatic N) is 2. The van der Waals surface area contributed by atoms with E-state index in [1.807, 2.05) is 17.9 Å². The molecule has 6 heteroatoms. The molecule has 0 aromatic carbocycles. The predicted octanol–water partition coefficient (Wildman–Crippen LogP) is 1.02. The van der Waals surface area contributed by atoms with E-state index in [1.165, 1.54) is 7.11 Å². The third-order valence-corrected chi connectivity index (χ3v) is 3.61. The molecule has 5 nitrogen and oxygen atoms in total. The van der Waals surface area contributed by atoms with E-state index in [2.05, 4.69) is 4.98 Å². The third-order valence-electron chi connectivity index (χ3n) is 3.41. The zero-order valence-electron chi connectivity index (χ0n) is 11.0. The fourth-order valence-electron chi connectivity index (χ4n) is 2.40. The van der Waals surface area contributed by atoms with Crippen LogP contribution >= 0.6 is 12.2 Å². The molecule has 1 saturated heterocycles. The number of rotatable bonds is 3. The van der Waals surface area contributed by atoms with E-state index >= 15 is 0 Å². The monoisotopic (exact) mass is 279 g/mol. The van der Waals surface area contributed by atoms with Crippen LogP contribution in [-0.4, -0.2) is 36.1 Å². The first-order valence-corrected chi connectivity index (χ1v) is 6.53. The van der Waals surface area contributed by atoms with Crippen LogP contribution in [0.2, 0.25) is 0 Å². The summed E-state index contributed by atoms with van der Waals surface area (Å²) in [5.41, 5.74) is 7.57. The third kappa shape index (κ3) is 2.68. The maximum absolute atomic E-state index is 11.6. The second-order valence-electron chi connectivity index (χ2n) is 4.65. The molecule has 0 bridgehead atoms. The van der Waals surface area contributed by atoms with Gasteiger partial charge in [-0.1, -0.05) is 12.2 Å². The number of nitrogens with two attached hydrogens (primary N) is 1. The molecular weight excluding hydrogens is 262 g/mol. The van der Waals surface area contributed by atoms with E-state index < -0.39 is 0 Å². The lowest BCUT2D eigenvalue weighted by molar-refractivity contribution is -0.144. The fraction of sp³-hybridized carbons (Fsp3) is 0.462. The van der Waals surface area contributed by atoms with Gasteiger partial charge in [0.25, 0.3) is 0 Å². The van der Waals surface area contributed by atoms with Gasteiger partial charge < -0.3 is 15.4 Å². The smallest absolute Gasteiger partial charge is 0.310 e.